The predicted octanol–water partition coefficient (Wildman–Crippen LogP) is 5.09. The first-order chi connectivity index (χ1) is 10.3. The summed E-state index contributed by atoms with van der Waals surface area (Å²) >= 11 is 0. The second kappa shape index (κ2) is 4.03. The van der Waals surface area contributed by atoms with E-state index in [9.17, 15) is 31.6 Å². The molecule has 7 heteroatoms. The second-order valence-electron chi connectivity index (χ2n) is 6.89. The van der Waals surface area contributed by atoms with Crippen molar-refractivity contribution < 1.29 is 26.3 Å². The molecule has 3 atom stereocenters. The highest BCUT2D eigenvalue weighted by atomic mass is 19.4. The maximum atomic E-state index is 13.6. The fourth-order valence-corrected chi connectivity index (χ4v) is 4.73. The molecule has 3 rings (SSSR count). The molecule has 0 heterocycles. The molecular weight excluding hydrogens is 320 g/mol. The average molecular weight is 333 g/mol. The fourth-order valence-electron chi connectivity index (χ4n) is 4.73. The van der Waals surface area contributed by atoms with Gasteiger partial charge in [0.2, 0.25) is 0 Å². The van der Waals surface area contributed by atoms with Gasteiger partial charge in [-0.1, -0.05) is 32.1 Å². The van der Waals surface area contributed by atoms with Crippen LogP contribution in [0.25, 0.3) is 0 Å². The largest absolute Gasteiger partial charge is 0.414 e. The lowest BCUT2D eigenvalue weighted by Gasteiger charge is -2.34. The minimum atomic E-state index is -5.12. The summed E-state index contributed by atoms with van der Waals surface area (Å²) in [4.78, 5) is 0. The number of halogens is 6. The Kier molecular flexibility index (Phi) is 2.83. The Balaban J connectivity index is 2.34. The third-order valence-electron chi connectivity index (χ3n) is 5.45. The third kappa shape index (κ3) is 1.69. The Morgan fingerprint density at radius 3 is 2.17 bits per heavy atom. The summed E-state index contributed by atoms with van der Waals surface area (Å²) in [5.41, 5.74) is -5.76. The van der Waals surface area contributed by atoms with Crippen molar-refractivity contribution in [1.82, 2.24) is 0 Å². The first-order valence-corrected chi connectivity index (χ1v) is 7.00. The molecule has 23 heavy (non-hydrogen) atoms. The number of allylic oxidation sites excluding steroid dienone is 5. The van der Waals surface area contributed by atoms with E-state index in [0.717, 1.165) is 0 Å². The van der Waals surface area contributed by atoms with E-state index in [1.807, 2.05) is 6.07 Å². The van der Waals surface area contributed by atoms with E-state index in [0.29, 0.717) is 0 Å². The molecule has 1 fully saturated rings. The lowest BCUT2D eigenvalue weighted by atomic mass is 9.71. The van der Waals surface area contributed by atoms with Crippen LogP contribution in [0.2, 0.25) is 0 Å². The van der Waals surface area contributed by atoms with Crippen LogP contribution in [0.4, 0.5) is 26.3 Å². The number of hydrogen-bond acceptors (Lipinski definition) is 1. The molecule has 0 aromatic rings. The van der Waals surface area contributed by atoms with Crippen LogP contribution < -0.4 is 0 Å². The van der Waals surface area contributed by atoms with Gasteiger partial charge >= 0.3 is 12.4 Å². The van der Waals surface area contributed by atoms with Crippen LogP contribution in [-0.2, 0) is 0 Å². The van der Waals surface area contributed by atoms with Crippen LogP contribution in [0.1, 0.15) is 20.3 Å². The summed E-state index contributed by atoms with van der Waals surface area (Å²) < 4.78 is 80.5. The Morgan fingerprint density at radius 1 is 1.17 bits per heavy atom. The van der Waals surface area contributed by atoms with Gasteiger partial charge in [-0.15, -0.1) is 0 Å². The highest BCUT2D eigenvalue weighted by molar-refractivity contribution is 5.63. The highest BCUT2D eigenvalue weighted by Crippen LogP contribution is 2.75. The Hall–Kier alpha value is -1.71. The van der Waals surface area contributed by atoms with E-state index < -0.39 is 46.2 Å². The second-order valence-corrected chi connectivity index (χ2v) is 6.89. The van der Waals surface area contributed by atoms with E-state index in [1.54, 1.807) is 13.8 Å². The standard InChI is InChI=1S/C16H13F6N/c1-7-9(6-23)13(2,3)10-4-8-5-14(7,10)12(16(20,21)22)11(8)15(17,18)19/h4,8-9H,1,5H2,2-3H3. The van der Waals surface area contributed by atoms with Crippen LogP contribution in [-0.4, -0.2) is 12.4 Å². The molecule has 0 N–H and O–H groups in total. The van der Waals surface area contributed by atoms with Gasteiger partial charge in [-0.3, -0.25) is 0 Å². The van der Waals surface area contributed by atoms with E-state index in [-0.39, 0.29) is 17.6 Å². The van der Waals surface area contributed by atoms with Crippen molar-refractivity contribution in [2.45, 2.75) is 32.6 Å². The van der Waals surface area contributed by atoms with E-state index in [4.69, 9.17) is 0 Å². The molecule has 124 valence electrons. The number of nitriles is 1. The van der Waals surface area contributed by atoms with Gasteiger partial charge in [-0.25, -0.2) is 0 Å². The van der Waals surface area contributed by atoms with Gasteiger partial charge in [0.1, 0.15) is 0 Å². The Bertz CT molecular complexity index is 712. The van der Waals surface area contributed by atoms with Gasteiger partial charge in [-0.05, 0) is 12.0 Å². The van der Waals surface area contributed by atoms with Crippen molar-refractivity contribution in [2.24, 2.45) is 22.7 Å². The van der Waals surface area contributed by atoms with Crippen LogP contribution in [0.3, 0.4) is 0 Å². The summed E-state index contributed by atoms with van der Waals surface area (Å²) in [6.45, 7) is 6.81. The van der Waals surface area contributed by atoms with Crippen molar-refractivity contribution >= 4 is 0 Å². The van der Waals surface area contributed by atoms with Crippen molar-refractivity contribution in [3.63, 3.8) is 0 Å². The average Bonchev–Trinajstić information content (AvgIpc) is 2.94. The zero-order valence-corrected chi connectivity index (χ0v) is 12.4. The number of hydrogen-bond donors (Lipinski definition) is 0. The smallest absolute Gasteiger partial charge is 0.198 e. The number of rotatable bonds is 0. The summed E-state index contributed by atoms with van der Waals surface area (Å²) in [5, 5.41) is 9.31. The number of alkyl halides is 6. The van der Waals surface area contributed by atoms with Crippen molar-refractivity contribution in [2.75, 3.05) is 0 Å². The van der Waals surface area contributed by atoms with Crippen molar-refractivity contribution in [3.05, 3.63) is 34.9 Å². The summed E-state index contributed by atoms with van der Waals surface area (Å²) in [5.74, 6) is -2.27. The topological polar surface area (TPSA) is 23.8 Å². The Morgan fingerprint density at radius 2 is 1.74 bits per heavy atom. The molecule has 0 amide bonds. The van der Waals surface area contributed by atoms with Gasteiger partial charge in [-0.2, -0.15) is 31.6 Å². The normalized spacial score (nSPS) is 35.4. The molecule has 0 saturated heterocycles. The maximum absolute atomic E-state index is 13.6. The monoisotopic (exact) mass is 333 g/mol. The molecular formula is C16H13F6N. The molecule has 3 aliphatic carbocycles. The fraction of sp³-hybridized carbons (Fsp3) is 0.562. The minimum Gasteiger partial charge on any atom is -0.198 e. The van der Waals surface area contributed by atoms with Gasteiger partial charge in [0.05, 0.1) is 17.6 Å². The predicted molar refractivity (Wildman–Crippen MR) is 69.8 cm³/mol. The minimum absolute atomic E-state index is 0.0645. The molecule has 0 aliphatic heterocycles. The molecule has 0 aromatic carbocycles. The van der Waals surface area contributed by atoms with Crippen LogP contribution in [0, 0.1) is 34.0 Å². The first kappa shape index (κ1) is 16.2. The van der Waals surface area contributed by atoms with Gasteiger partial charge in [0, 0.05) is 22.3 Å². The molecule has 2 bridgehead atoms. The number of nitrogens with zero attached hydrogens (tertiary/aromatic N) is 1. The van der Waals surface area contributed by atoms with Crippen LogP contribution in [0.5, 0.6) is 0 Å². The lowest BCUT2D eigenvalue weighted by Crippen LogP contribution is -2.33. The molecule has 0 radical (unpaired) electrons. The van der Waals surface area contributed by atoms with Crippen LogP contribution in [0.15, 0.2) is 34.9 Å². The molecule has 3 unspecified atom stereocenters. The molecule has 1 saturated carbocycles. The zero-order chi connectivity index (χ0) is 17.6. The van der Waals surface area contributed by atoms with E-state index in [1.165, 1.54) is 6.08 Å². The summed E-state index contributed by atoms with van der Waals surface area (Å²) in [6, 6.07) is 1.92. The van der Waals surface area contributed by atoms with Gasteiger partial charge in [0.15, 0.2) is 0 Å². The Labute approximate surface area is 129 Å². The van der Waals surface area contributed by atoms with Gasteiger partial charge < -0.3 is 0 Å². The molecule has 0 aromatic heterocycles. The highest BCUT2D eigenvalue weighted by Gasteiger charge is 2.72. The maximum Gasteiger partial charge on any atom is 0.414 e. The molecule has 1 spiro atoms. The van der Waals surface area contributed by atoms with Crippen LogP contribution >= 0.6 is 0 Å². The van der Waals surface area contributed by atoms with E-state index in [2.05, 4.69) is 6.58 Å². The SMILES string of the molecule is C=C1C(C#N)C(C)(C)C2=CC3CC12C(C(F)(F)F)=C3C(F)(F)F. The molecule has 3 aliphatic rings. The van der Waals surface area contributed by atoms with Gasteiger partial charge in [0.25, 0.3) is 0 Å². The lowest BCUT2D eigenvalue weighted by molar-refractivity contribution is -0.120. The summed E-state index contributed by atoms with van der Waals surface area (Å²) in [7, 11) is 0. The zero-order valence-electron chi connectivity index (χ0n) is 12.4. The van der Waals surface area contributed by atoms with Crippen molar-refractivity contribution in [3.8, 4) is 6.07 Å². The quantitative estimate of drug-likeness (QED) is 0.447. The van der Waals surface area contributed by atoms with Crippen molar-refractivity contribution in [1.29, 1.82) is 5.26 Å². The first-order valence-electron chi connectivity index (χ1n) is 7.00. The number of fused-ring (bicyclic) bond motifs is 1. The summed E-state index contributed by atoms with van der Waals surface area (Å²) in [6.07, 6.45) is -9.23. The molecule has 1 nitrogen and oxygen atoms in total. The van der Waals surface area contributed by atoms with E-state index >= 15 is 0 Å². The third-order valence-corrected chi connectivity index (χ3v) is 5.45.